The van der Waals surface area contributed by atoms with Crippen LogP contribution < -0.4 is 5.43 Å². The molecular formula is C17H11BrF2O2. The van der Waals surface area contributed by atoms with E-state index in [9.17, 15) is 13.6 Å². The molecule has 0 aliphatic carbocycles. The Bertz CT molecular complexity index is 916. The predicted octanol–water partition coefficient (Wildman–Crippen LogP) is 5.19. The quantitative estimate of drug-likeness (QED) is 0.585. The molecule has 1 aromatic heterocycles. The van der Waals surface area contributed by atoms with Crippen molar-refractivity contribution in [2.75, 3.05) is 0 Å². The Morgan fingerprint density at radius 3 is 2.55 bits per heavy atom. The van der Waals surface area contributed by atoms with Gasteiger partial charge >= 0.3 is 0 Å². The van der Waals surface area contributed by atoms with Crippen LogP contribution in [0.3, 0.4) is 0 Å². The maximum atomic E-state index is 14.0. The summed E-state index contributed by atoms with van der Waals surface area (Å²) in [6, 6.07) is 9.83. The first-order chi connectivity index (χ1) is 10.5. The molecular weight excluding hydrogens is 354 g/mol. The first-order valence-electron chi connectivity index (χ1n) is 6.64. The van der Waals surface area contributed by atoms with Crippen LogP contribution in [0.25, 0.3) is 22.1 Å². The van der Waals surface area contributed by atoms with Crippen LogP contribution in [0.15, 0.2) is 51.7 Å². The van der Waals surface area contributed by atoms with E-state index in [1.54, 1.807) is 13.0 Å². The molecule has 2 aromatic carbocycles. The third-order valence-corrected chi connectivity index (χ3v) is 3.79. The van der Waals surface area contributed by atoms with E-state index in [0.717, 1.165) is 0 Å². The lowest BCUT2D eigenvalue weighted by Crippen LogP contribution is -2.11. The van der Waals surface area contributed by atoms with Gasteiger partial charge in [-0.15, -0.1) is 0 Å². The van der Waals surface area contributed by atoms with Crippen molar-refractivity contribution in [3.8, 4) is 11.1 Å². The lowest BCUT2D eigenvalue weighted by atomic mass is 10.0. The average molecular weight is 365 g/mol. The number of fused-ring (bicyclic) bond motifs is 1. The number of halogens is 3. The smallest absolute Gasteiger partial charge is 0.203 e. The fourth-order valence-electron chi connectivity index (χ4n) is 2.41. The molecule has 0 spiro atoms. The maximum absolute atomic E-state index is 14.0. The van der Waals surface area contributed by atoms with Crippen molar-refractivity contribution in [3.05, 3.63) is 70.1 Å². The monoisotopic (exact) mass is 364 g/mol. The molecule has 0 aliphatic heterocycles. The number of rotatable bonds is 2. The highest BCUT2D eigenvalue weighted by atomic mass is 79.9. The second-order valence-electron chi connectivity index (χ2n) is 4.91. The molecule has 0 saturated heterocycles. The highest BCUT2D eigenvalue weighted by Crippen LogP contribution is 2.33. The van der Waals surface area contributed by atoms with E-state index in [1.165, 1.54) is 36.4 Å². The van der Waals surface area contributed by atoms with Gasteiger partial charge in [-0.1, -0.05) is 34.1 Å². The topological polar surface area (TPSA) is 30.2 Å². The molecule has 0 radical (unpaired) electrons. The number of hydrogen-bond acceptors (Lipinski definition) is 2. The third kappa shape index (κ3) is 2.46. The van der Waals surface area contributed by atoms with Crippen LogP contribution >= 0.6 is 15.9 Å². The van der Waals surface area contributed by atoms with Crippen molar-refractivity contribution in [2.45, 2.75) is 11.8 Å². The molecule has 1 heterocycles. The molecule has 1 atom stereocenters. The van der Waals surface area contributed by atoms with E-state index in [4.69, 9.17) is 4.42 Å². The lowest BCUT2D eigenvalue weighted by molar-refractivity contribution is 0.540. The van der Waals surface area contributed by atoms with Crippen LogP contribution in [-0.2, 0) is 0 Å². The van der Waals surface area contributed by atoms with Gasteiger partial charge in [-0.2, -0.15) is 0 Å². The maximum Gasteiger partial charge on any atom is 0.203 e. The number of alkyl halides is 1. The second kappa shape index (κ2) is 5.65. The van der Waals surface area contributed by atoms with Gasteiger partial charge in [0, 0.05) is 0 Å². The van der Waals surface area contributed by atoms with Crippen molar-refractivity contribution in [1.29, 1.82) is 0 Å². The van der Waals surface area contributed by atoms with E-state index in [2.05, 4.69) is 15.9 Å². The van der Waals surface area contributed by atoms with Crippen LogP contribution in [-0.4, -0.2) is 0 Å². The Kier molecular flexibility index (Phi) is 3.83. The van der Waals surface area contributed by atoms with Crippen LogP contribution in [0, 0.1) is 11.6 Å². The standard InChI is InChI=1S/C17H11BrF2O2/c1-9(18)17-14(10-4-2-5-11(19)8-10)16(21)15-12(20)6-3-7-13(15)22-17/h2-9H,1H3. The second-order valence-corrected chi connectivity index (χ2v) is 6.28. The molecule has 2 nitrogen and oxygen atoms in total. The normalized spacial score (nSPS) is 12.5. The van der Waals surface area contributed by atoms with Crippen LogP contribution in [0.4, 0.5) is 8.78 Å². The molecule has 0 bridgehead atoms. The Hall–Kier alpha value is -2.01. The molecule has 3 rings (SSSR count). The van der Waals surface area contributed by atoms with Crippen molar-refractivity contribution >= 4 is 26.9 Å². The Balaban J connectivity index is 2.46. The fraction of sp³-hybridized carbons (Fsp3) is 0.118. The van der Waals surface area contributed by atoms with Gasteiger partial charge in [-0.3, -0.25) is 4.79 Å². The molecule has 0 saturated carbocycles. The number of benzene rings is 2. The lowest BCUT2D eigenvalue weighted by Gasteiger charge is -2.12. The summed E-state index contributed by atoms with van der Waals surface area (Å²) in [4.78, 5) is 12.5. The van der Waals surface area contributed by atoms with Gasteiger partial charge in [0.2, 0.25) is 5.43 Å². The molecule has 0 aliphatic rings. The zero-order valence-electron chi connectivity index (χ0n) is 11.6. The van der Waals surface area contributed by atoms with E-state index < -0.39 is 17.1 Å². The first kappa shape index (κ1) is 14.9. The molecule has 0 fully saturated rings. The van der Waals surface area contributed by atoms with E-state index >= 15 is 0 Å². The average Bonchev–Trinajstić information content (AvgIpc) is 2.46. The predicted molar refractivity (Wildman–Crippen MR) is 85.2 cm³/mol. The minimum absolute atomic E-state index is 0.126. The highest BCUT2D eigenvalue weighted by molar-refractivity contribution is 9.09. The Labute approximate surface area is 133 Å². The summed E-state index contributed by atoms with van der Waals surface area (Å²) in [5.74, 6) is -0.787. The summed E-state index contributed by atoms with van der Waals surface area (Å²) in [6.07, 6.45) is 0. The van der Waals surface area contributed by atoms with Gasteiger partial charge in [-0.05, 0) is 36.8 Å². The van der Waals surface area contributed by atoms with Gasteiger partial charge in [0.15, 0.2) is 0 Å². The zero-order chi connectivity index (χ0) is 15.9. The largest absolute Gasteiger partial charge is 0.459 e. The van der Waals surface area contributed by atoms with E-state index in [1.807, 2.05) is 0 Å². The zero-order valence-corrected chi connectivity index (χ0v) is 13.2. The Morgan fingerprint density at radius 2 is 1.86 bits per heavy atom. The summed E-state index contributed by atoms with van der Waals surface area (Å²) in [5, 5.41) is -0.126. The van der Waals surface area contributed by atoms with Gasteiger partial charge in [0.1, 0.15) is 28.4 Å². The third-order valence-electron chi connectivity index (χ3n) is 3.37. The van der Waals surface area contributed by atoms with Gasteiger partial charge < -0.3 is 4.42 Å². The Morgan fingerprint density at radius 1 is 1.14 bits per heavy atom. The summed E-state index contributed by atoms with van der Waals surface area (Å²) < 4.78 is 33.2. The van der Waals surface area contributed by atoms with E-state index in [0.29, 0.717) is 11.3 Å². The van der Waals surface area contributed by atoms with Crippen LogP contribution in [0.1, 0.15) is 17.5 Å². The summed E-state index contributed by atoms with van der Waals surface area (Å²) in [7, 11) is 0. The van der Waals surface area contributed by atoms with Crippen LogP contribution in [0.2, 0.25) is 0 Å². The van der Waals surface area contributed by atoms with Crippen LogP contribution in [0.5, 0.6) is 0 Å². The molecule has 0 amide bonds. The molecule has 0 N–H and O–H groups in total. The molecule has 3 aromatic rings. The van der Waals surface area contributed by atoms with Gasteiger partial charge in [-0.25, -0.2) is 8.78 Å². The van der Waals surface area contributed by atoms with Gasteiger partial charge in [0.25, 0.3) is 0 Å². The van der Waals surface area contributed by atoms with Crippen molar-refractivity contribution in [2.24, 2.45) is 0 Å². The van der Waals surface area contributed by atoms with Crippen molar-refractivity contribution in [1.82, 2.24) is 0 Å². The SMILES string of the molecule is CC(Br)c1oc2cccc(F)c2c(=O)c1-c1cccc(F)c1. The van der Waals surface area contributed by atoms with Crippen molar-refractivity contribution < 1.29 is 13.2 Å². The highest BCUT2D eigenvalue weighted by Gasteiger charge is 2.21. The summed E-state index contributed by atoms with van der Waals surface area (Å²) in [6.45, 7) is 1.78. The summed E-state index contributed by atoms with van der Waals surface area (Å²) >= 11 is 3.37. The minimum Gasteiger partial charge on any atom is -0.459 e. The molecule has 22 heavy (non-hydrogen) atoms. The summed E-state index contributed by atoms with van der Waals surface area (Å²) in [5.41, 5.74) is 0.194. The molecule has 112 valence electrons. The fourth-order valence-corrected chi connectivity index (χ4v) is 2.74. The first-order valence-corrected chi connectivity index (χ1v) is 7.56. The molecule has 1 unspecified atom stereocenters. The molecule has 5 heteroatoms. The van der Waals surface area contributed by atoms with Crippen molar-refractivity contribution in [3.63, 3.8) is 0 Å². The van der Waals surface area contributed by atoms with E-state index in [-0.39, 0.29) is 21.4 Å². The minimum atomic E-state index is -0.655. The van der Waals surface area contributed by atoms with Gasteiger partial charge in [0.05, 0.1) is 10.4 Å². The number of hydrogen-bond donors (Lipinski definition) is 0.